The van der Waals surface area contributed by atoms with E-state index < -0.39 is 24.1 Å². The highest BCUT2D eigenvalue weighted by Crippen LogP contribution is 2.18. The van der Waals surface area contributed by atoms with Crippen molar-refractivity contribution in [2.75, 3.05) is 5.32 Å². The summed E-state index contributed by atoms with van der Waals surface area (Å²) >= 11 is 0. The number of amides is 1. The van der Waals surface area contributed by atoms with Crippen LogP contribution < -0.4 is 10.1 Å². The third kappa shape index (κ3) is 5.85. The van der Waals surface area contributed by atoms with Gasteiger partial charge in [-0.2, -0.15) is 5.26 Å². The molecule has 2 atom stereocenters. The highest BCUT2D eigenvalue weighted by atomic mass is 16.6. The standard InChI is InChI=1S/C22H24N2O4/c1-14(2)18-7-9-19(10-8-18)24-21(25)15(3)28-22(26)16(4)27-20-11-5-17(13-23)6-12-20/h5-12,14-16H,1-4H3,(H,24,25)/t15-,16-/m1/s1. The summed E-state index contributed by atoms with van der Waals surface area (Å²) in [5, 5.41) is 11.5. The monoisotopic (exact) mass is 380 g/mol. The Bertz CT molecular complexity index is 852. The molecule has 0 aromatic heterocycles. The maximum absolute atomic E-state index is 12.3. The smallest absolute Gasteiger partial charge is 0.347 e. The fourth-order valence-corrected chi connectivity index (χ4v) is 2.38. The molecule has 0 heterocycles. The Morgan fingerprint density at radius 2 is 1.54 bits per heavy atom. The highest BCUT2D eigenvalue weighted by Gasteiger charge is 2.23. The molecule has 28 heavy (non-hydrogen) atoms. The average molecular weight is 380 g/mol. The maximum atomic E-state index is 12.3. The second-order valence-electron chi connectivity index (χ2n) is 6.74. The zero-order valence-corrected chi connectivity index (χ0v) is 16.4. The van der Waals surface area contributed by atoms with Crippen molar-refractivity contribution in [3.8, 4) is 11.8 Å². The van der Waals surface area contributed by atoms with Crippen molar-refractivity contribution in [1.82, 2.24) is 0 Å². The lowest BCUT2D eigenvalue weighted by molar-refractivity contribution is -0.159. The van der Waals surface area contributed by atoms with Crippen LogP contribution in [0.25, 0.3) is 0 Å². The summed E-state index contributed by atoms with van der Waals surface area (Å²) in [6.45, 7) is 7.23. The number of rotatable bonds is 7. The number of benzene rings is 2. The Kier molecular flexibility index (Phi) is 7.16. The van der Waals surface area contributed by atoms with Crippen molar-refractivity contribution in [1.29, 1.82) is 5.26 Å². The number of hydrogen-bond acceptors (Lipinski definition) is 5. The Morgan fingerprint density at radius 1 is 0.929 bits per heavy atom. The fraction of sp³-hybridized carbons (Fsp3) is 0.318. The van der Waals surface area contributed by atoms with Gasteiger partial charge in [-0.1, -0.05) is 26.0 Å². The molecule has 0 aliphatic carbocycles. The first-order valence-corrected chi connectivity index (χ1v) is 9.08. The van der Waals surface area contributed by atoms with Crippen LogP contribution in [-0.4, -0.2) is 24.1 Å². The molecule has 1 N–H and O–H groups in total. The SMILES string of the molecule is CC(C)c1ccc(NC(=O)[C@@H](C)OC(=O)[C@@H](C)Oc2ccc(C#N)cc2)cc1. The molecular formula is C22H24N2O4. The molecule has 0 saturated carbocycles. The molecule has 0 saturated heterocycles. The second-order valence-corrected chi connectivity index (χ2v) is 6.74. The van der Waals surface area contributed by atoms with Crippen molar-refractivity contribution >= 4 is 17.6 Å². The van der Waals surface area contributed by atoms with Crippen LogP contribution in [-0.2, 0) is 14.3 Å². The van der Waals surface area contributed by atoms with Gasteiger partial charge >= 0.3 is 5.97 Å². The number of carbonyl (C=O) groups excluding carboxylic acids is 2. The van der Waals surface area contributed by atoms with E-state index in [9.17, 15) is 9.59 Å². The van der Waals surface area contributed by atoms with Gasteiger partial charge in [-0.15, -0.1) is 0 Å². The molecule has 0 spiro atoms. The first-order valence-electron chi connectivity index (χ1n) is 9.08. The Hall–Kier alpha value is -3.33. The molecule has 6 nitrogen and oxygen atoms in total. The van der Waals surface area contributed by atoms with Crippen molar-refractivity contribution in [3.05, 3.63) is 59.7 Å². The predicted molar refractivity (Wildman–Crippen MR) is 106 cm³/mol. The molecular weight excluding hydrogens is 356 g/mol. The quantitative estimate of drug-likeness (QED) is 0.733. The molecule has 6 heteroatoms. The maximum Gasteiger partial charge on any atom is 0.347 e. The van der Waals surface area contributed by atoms with Crippen LogP contribution in [0.4, 0.5) is 5.69 Å². The van der Waals surface area contributed by atoms with Crippen LogP contribution in [0.2, 0.25) is 0 Å². The number of nitrogens with one attached hydrogen (secondary N) is 1. The van der Waals surface area contributed by atoms with E-state index >= 15 is 0 Å². The number of carbonyl (C=O) groups is 2. The largest absolute Gasteiger partial charge is 0.479 e. The van der Waals surface area contributed by atoms with Crippen molar-refractivity contribution in [3.63, 3.8) is 0 Å². The predicted octanol–water partition coefficient (Wildman–Crippen LogP) is 4.02. The minimum atomic E-state index is -0.968. The van der Waals surface area contributed by atoms with Crippen LogP contribution in [0.15, 0.2) is 48.5 Å². The minimum Gasteiger partial charge on any atom is -0.479 e. The topological polar surface area (TPSA) is 88.4 Å². The number of ether oxygens (including phenoxy) is 2. The summed E-state index contributed by atoms with van der Waals surface area (Å²) in [4.78, 5) is 24.4. The average Bonchev–Trinajstić information content (AvgIpc) is 2.68. The Labute approximate surface area is 165 Å². The van der Waals surface area contributed by atoms with E-state index in [2.05, 4.69) is 19.2 Å². The number of nitriles is 1. The van der Waals surface area contributed by atoms with Crippen molar-refractivity contribution < 1.29 is 19.1 Å². The van der Waals surface area contributed by atoms with Gasteiger partial charge in [0.25, 0.3) is 5.91 Å². The normalized spacial score (nSPS) is 12.6. The van der Waals surface area contributed by atoms with Crippen LogP contribution in [0, 0.1) is 11.3 Å². The number of esters is 1. The second kappa shape index (κ2) is 9.56. The third-order valence-corrected chi connectivity index (χ3v) is 4.14. The van der Waals surface area contributed by atoms with Crippen LogP contribution >= 0.6 is 0 Å². The molecule has 2 rings (SSSR count). The summed E-state index contributed by atoms with van der Waals surface area (Å²) in [7, 11) is 0. The van der Waals surface area contributed by atoms with Gasteiger partial charge in [0, 0.05) is 5.69 Å². The van der Waals surface area contributed by atoms with Crippen molar-refractivity contribution in [2.45, 2.75) is 45.8 Å². The Balaban J connectivity index is 1.87. The summed E-state index contributed by atoms with van der Waals surface area (Å²) in [5.74, 6) is -0.230. The van der Waals surface area contributed by atoms with Gasteiger partial charge in [-0.25, -0.2) is 4.79 Å². The molecule has 146 valence electrons. The third-order valence-electron chi connectivity index (χ3n) is 4.14. The molecule has 0 radical (unpaired) electrons. The first-order chi connectivity index (χ1) is 13.3. The highest BCUT2D eigenvalue weighted by molar-refractivity contribution is 5.95. The molecule has 0 aliphatic rings. The lowest BCUT2D eigenvalue weighted by atomic mass is 10.0. The van der Waals surface area contributed by atoms with E-state index in [1.54, 1.807) is 24.3 Å². The molecule has 0 bridgehead atoms. The number of hydrogen-bond donors (Lipinski definition) is 1. The molecule has 0 fully saturated rings. The number of nitrogens with zero attached hydrogens (tertiary/aromatic N) is 1. The summed E-state index contributed by atoms with van der Waals surface area (Å²) in [5.41, 5.74) is 2.31. The van der Waals surface area contributed by atoms with E-state index in [0.29, 0.717) is 22.9 Å². The molecule has 0 unspecified atom stereocenters. The fourth-order valence-electron chi connectivity index (χ4n) is 2.38. The van der Waals surface area contributed by atoms with Gasteiger partial charge in [0.2, 0.25) is 0 Å². The molecule has 2 aromatic rings. The Morgan fingerprint density at radius 3 is 2.07 bits per heavy atom. The van der Waals surface area contributed by atoms with Crippen LogP contribution in [0.1, 0.15) is 44.7 Å². The van der Waals surface area contributed by atoms with E-state index in [1.807, 2.05) is 30.3 Å². The molecule has 1 amide bonds. The van der Waals surface area contributed by atoms with E-state index in [0.717, 1.165) is 0 Å². The molecule has 2 aromatic carbocycles. The summed E-state index contributed by atoms with van der Waals surface area (Å²) in [6, 6.07) is 15.9. The van der Waals surface area contributed by atoms with E-state index in [4.69, 9.17) is 14.7 Å². The van der Waals surface area contributed by atoms with Gasteiger partial charge in [0.15, 0.2) is 12.2 Å². The lowest BCUT2D eigenvalue weighted by Crippen LogP contribution is -2.35. The van der Waals surface area contributed by atoms with Gasteiger partial charge in [-0.3, -0.25) is 4.79 Å². The van der Waals surface area contributed by atoms with E-state index in [-0.39, 0.29) is 0 Å². The zero-order chi connectivity index (χ0) is 20.7. The van der Waals surface area contributed by atoms with Gasteiger partial charge in [-0.05, 0) is 61.7 Å². The first kappa shape index (κ1) is 21.0. The summed E-state index contributed by atoms with van der Waals surface area (Å²) in [6.07, 6.45) is -1.86. The van der Waals surface area contributed by atoms with Crippen LogP contribution in [0.5, 0.6) is 5.75 Å². The minimum absolute atomic E-state index is 0.405. The van der Waals surface area contributed by atoms with E-state index in [1.165, 1.54) is 19.4 Å². The van der Waals surface area contributed by atoms with Crippen LogP contribution in [0.3, 0.4) is 0 Å². The van der Waals surface area contributed by atoms with Crippen molar-refractivity contribution in [2.24, 2.45) is 0 Å². The van der Waals surface area contributed by atoms with Gasteiger partial charge < -0.3 is 14.8 Å². The lowest BCUT2D eigenvalue weighted by Gasteiger charge is -2.18. The zero-order valence-electron chi connectivity index (χ0n) is 16.4. The number of anilines is 1. The van der Waals surface area contributed by atoms with Gasteiger partial charge in [0.05, 0.1) is 11.6 Å². The van der Waals surface area contributed by atoms with Gasteiger partial charge in [0.1, 0.15) is 5.75 Å². The molecule has 0 aliphatic heterocycles. The summed E-state index contributed by atoms with van der Waals surface area (Å²) < 4.78 is 10.7.